The van der Waals surface area contributed by atoms with Gasteiger partial charge in [-0.2, -0.15) is 0 Å². The highest BCUT2D eigenvalue weighted by atomic mass is 16.4. The number of furan rings is 1. The van der Waals surface area contributed by atoms with Crippen LogP contribution in [0.3, 0.4) is 0 Å². The van der Waals surface area contributed by atoms with E-state index >= 15 is 0 Å². The van der Waals surface area contributed by atoms with E-state index in [2.05, 4.69) is 4.98 Å². The highest BCUT2D eigenvalue weighted by Gasteiger charge is 2.24. The molecule has 22 heavy (non-hydrogen) atoms. The van der Waals surface area contributed by atoms with Crippen LogP contribution in [0, 0.1) is 0 Å². The van der Waals surface area contributed by atoms with Gasteiger partial charge in [-0.15, -0.1) is 0 Å². The number of pyridine rings is 1. The first-order chi connectivity index (χ1) is 10.6. The molecule has 4 rings (SSSR count). The third-order valence-corrected chi connectivity index (χ3v) is 4.03. The number of carboxylic acid groups (broad SMARTS) is 1. The van der Waals surface area contributed by atoms with Gasteiger partial charge in [0, 0.05) is 18.3 Å². The summed E-state index contributed by atoms with van der Waals surface area (Å²) in [7, 11) is 0. The van der Waals surface area contributed by atoms with Crippen molar-refractivity contribution in [2.24, 2.45) is 0 Å². The van der Waals surface area contributed by atoms with Gasteiger partial charge in [-0.1, -0.05) is 6.07 Å². The Morgan fingerprint density at radius 2 is 2.23 bits per heavy atom. The van der Waals surface area contributed by atoms with Crippen molar-refractivity contribution in [2.45, 2.75) is 6.42 Å². The highest BCUT2D eigenvalue weighted by molar-refractivity contribution is 6.01. The molecule has 0 atom stereocenters. The van der Waals surface area contributed by atoms with Gasteiger partial charge in [0.15, 0.2) is 0 Å². The highest BCUT2D eigenvalue weighted by Crippen LogP contribution is 2.37. The molecule has 3 heterocycles. The zero-order valence-corrected chi connectivity index (χ0v) is 11.6. The number of hydrogen-bond donors (Lipinski definition) is 2. The van der Waals surface area contributed by atoms with Gasteiger partial charge in [-0.05, 0) is 35.7 Å². The number of anilines is 2. The van der Waals surface area contributed by atoms with E-state index in [0.717, 1.165) is 27.8 Å². The van der Waals surface area contributed by atoms with Crippen LogP contribution in [-0.2, 0) is 6.42 Å². The van der Waals surface area contributed by atoms with Crippen LogP contribution < -0.4 is 10.6 Å². The molecule has 0 fully saturated rings. The molecule has 3 N–H and O–H groups in total. The van der Waals surface area contributed by atoms with Crippen molar-refractivity contribution in [3.05, 3.63) is 42.3 Å². The molecule has 1 aromatic carbocycles. The zero-order valence-electron chi connectivity index (χ0n) is 11.6. The number of rotatable bonds is 1. The first kappa shape index (κ1) is 12.7. The summed E-state index contributed by atoms with van der Waals surface area (Å²) in [4.78, 5) is 16.7. The van der Waals surface area contributed by atoms with Crippen molar-refractivity contribution in [3.8, 4) is 11.1 Å². The maximum atomic E-state index is 11.2. The molecule has 0 bridgehead atoms. The van der Waals surface area contributed by atoms with E-state index in [-0.39, 0.29) is 0 Å². The van der Waals surface area contributed by atoms with Crippen LogP contribution in [0.2, 0.25) is 0 Å². The fourth-order valence-electron chi connectivity index (χ4n) is 2.99. The normalized spacial score (nSPS) is 13.5. The van der Waals surface area contributed by atoms with Crippen molar-refractivity contribution >= 4 is 28.6 Å². The fourth-order valence-corrected chi connectivity index (χ4v) is 2.99. The second kappa shape index (κ2) is 4.49. The monoisotopic (exact) mass is 295 g/mol. The number of hydrogen-bond acceptors (Lipinski definition) is 4. The van der Waals surface area contributed by atoms with Crippen LogP contribution in [0.1, 0.15) is 5.56 Å². The Kier molecular flexibility index (Phi) is 2.59. The Morgan fingerprint density at radius 3 is 3.05 bits per heavy atom. The molecule has 2 aromatic heterocycles. The summed E-state index contributed by atoms with van der Waals surface area (Å²) in [5.74, 6) is 0.425. The second-order valence-corrected chi connectivity index (χ2v) is 5.25. The lowest BCUT2D eigenvalue weighted by Crippen LogP contribution is -2.26. The van der Waals surface area contributed by atoms with Gasteiger partial charge in [-0.3, -0.25) is 4.90 Å². The number of fused-ring (bicyclic) bond motifs is 2. The number of benzene rings is 1. The maximum Gasteiger partial charge on any atom is 0.411 e. The molecule has 0 unspecified atom stereocenters. The first-order valence-electron chi connectivity index (χ1n) is 6.90. The fraction of sp³-hybridized carbons (Fsp3) is 0.125. The number of carbonyl (C=O) groups is 1. The lowest BCUT2D eigenvalue weighted by molar-refractivity contribution is 0.202. The third-order valence-electron chi connectivity index (χ3n) is 4.03. The summed E-state index contributed by atoms with van der Waals surface area (Å²) < 4.78 is 5.54. The third kappa shape index (κ3) is 1.74. The topological polar surface area (TPSA) is 92.6 Å². The number of amides is 1. The summed E-state index contributed by atoms with van der Waals surface area (Å²) in [6.07, 6.45) is 3.06. The van der Waals surface area contributed by atoms with Gasteiger partial charge in [0.1, 0.15) is 11.4 Å². The van der Waals surface area contributed by atoms with E-state index in [4.69, 9.17) is 10.2 Å². The molecule has 0 saturated carbocycles. The van der Waals surface area contributed by atoms with E-state index in [1.165, 1.54) is 4.90 Å². The number of nitrogens with zero attached hydrogens (tertiary/aromatic N) is 2. The number of nitrogen functional groups attached to an aromatic ring is 1. The van der Waals surface area contributed by atoms with E-state index < -0.39 is 6.09 Å². The molecule has 6 heteroatoms. The van der Waals surface area contributed by atoms with Gasteiger partial charge in [0.25, 0.3) is 0 Å². The molecule has 0 radical (unpaired) electrons. The number of nitrogens with two attached hydrogens (primary N) is 1. The Hall–Kier alpha value is -3.02. The van der Waals surface area contributed by atoms with Gasteiger partial charge in [0.05, 0.1) is 17.3 Å². The van der Waals surface area contributed by atoms with Crippen LogP contribution in [-0.4, -0.2) is 22.7 Å². The summed E-state index contributed by atoms with van der Waals surface area (Å²) in [5, 5.41) is 9.96. The first-order valence-corrected chi connectivity index (χ1v) is 6.90. The minimum Gasteiger partial charge on any atom is -0.465 e. The standard InChI is InChI=1S/C16H13N3O3/c17-15-14-11(8-22-13(14)3-5-18-15)9-1-2-12-10(7-9)4-6-19(12)16(20)21/h1-3,5,7-8H,4,6H2,(H2,17,18)(H,20,21). The van der Waals surface area contributed by atoms with Crippen molar-refractivity contribution in [1.82, 2.24) is 4.98 Å². The van der Waals surface area contributed by atoms with Crippen LogP contribution in [0.4, 0.5) is 16.3 Å². The van der Waals surface area contributed by atoms with Crippen LogP contribution >= 0.6 is 0 Å². The lowest BCUT2D eigenvalue weighted by atomic mass is 10.0. The van der Waals surface area contributed by atoms with Gasteiger partial charge >= 0.3 is 6.09 Å². The molecule has 6 nitrogen and oxygen atoms in total. The smallest absolute Gasteiger partial charge is 0.411 e. The minimum absolute atomic E-state index is 0.425. The molecule has 1 aliphatic rings. The Morgan fingerprint density at radius 1 is 1.36 bits per heavy atom. The van der Waals surface area contributed by atoms with E-state index in [1.807, 2.05) is 18.2 Å². The molecule has 3 aromatic rings. The van der Waals surface area contributed by atoms with Crippen molar-refractivity contribution in [1.29, 1.82) is 0 Å². The van der Waals surface area contributed by atoms with Crippen LogP contribution in [0.5, 0.6) is 0 Å². The Labute approximate surface area is 125 Å². The molecule has 1 amide bonds. The predicted molar refractivity (Wildman–Crippen MR) is 82.9 cm³/mol. The number of aromatic nitrogens is 1. The van der Waals surface area contributed by atoms with Crippen molar-refractivity contribution in [3.63, 3.8) is 0 Å². The van der Waals surface area contributed by atoms with Crippen molar-refractivity contribution in [2.75, 3.05) is 17.2 Å². The summed E-state index contributed by atoms with van der Waals surface area (Å²) in [5.41, 5.74) is 10.2. The average molecular weight is 295 g/mol. The van der Waals surface area contributed by atoms with Gasteiger partial charge in [0.2, 0.25) is 0 Å². The Balaban J connectivity index is 1.86. The van der Waals surface area contributed by atoms with E-state index in [1.54, 1.807) is 18.5 Å². The molecule has 0 spiro atoms. The minimum atomic E-state index is -0.922. The molecule has 110 valence electrons. The van der Waals surface area contributed by atoms with Gasteiger partial charge in [-0.25, -0.2) is 9.78 Å². The average Bonchev–Trinajstić information content (AvgIpc) is 3.11. The van der Waals surface area contributed by atoms with Gasteiger partial charge < -0.3 is 15.3 Å². The van der Waals surface area contributed by atoms with Crippen LogP contribution in [0.15, 0.2) is 41.1 Å². The van der Waals surface area contributed by atoms with E-state index in [9.17, 15) is 9.90 Å². The maximum absolute atomic E-state index is 11.2. The van der Waals surface area contributed by atoms with Crippen molar-refractivity contribution < 1.29 is 14.3 Å². The second-order valence-electron chi connectivity index (χ2n) is 5.25. The SMILES string of the molecule is Nc1nccc2occ(-c3ccc4c(c3)CCN4C(=O)O)c12. The molecule has 1 aliphatic heterocycles. The molecular weight excluding hydrogens is 282 g/mol. The van der Waals surface area contributed by atoms with E-state index in [0.29, 0.717) is 24.4 Å². The zero-order chi connectivity index (χ0) is 15.3. The summed E-state index contributed by atoms with van der Waals surface area (Å²) >= 11 is 0. The molecular formula is C16H13N3O3. The summed E-state index contributed by atoms with van der Waals surface area (Å²) in [6, 6.07) is 7.48. The summed E-state index contributed by atoms with van der Waals surface area (Å²) in [6.45, 7) is 0.490. The largest absolute Gasteiger partial charge is 0.465 e. The van der Waals surface area contributed by atoms with Crippen LogP contribution in [0.25, 0.3) is 22.1 Å². The predicted octanol–water partition coefficient (Wildman–Crippen LogP) is 3.12. The Bertz CT molecular complexity index is 901. The molecule has 0 saturated heterocycles. The molecule has 0 aliphatic carbocycles. The lowest BCUT2D eigenvalue weighted by Gasteiger charge is -2.12. The quantitative estimate of drug-likeness (QED) is 0.719.